The smallest absolute Gasteiger partial charge is 0.259 e. The molecule has 1 fully saturated rings. The number of fused-ring (bicyclic) bond motifs is 1. The van der Waals surface area contributed by atoms with E-state index < -0.39 is 3.78 Å². The molecule has 2 aliphatic rings. The molecule has 5 heteroatoms. The van der Waals surface area contributed by atoms with E-state index in [0.29, 0.717) is 11.1 Å². The lowest BCUT2D eigenvalue weighted by Crippen LogP contribution is -2.20. The minimum Gasteiger partial charge on any atom is -0.288 e. The van der Waals surface area contributed by atoms with Crippen molar-refractivity contribution < 1.29 is 9.59 Å². The third-order valence-corrected chi connectivity index (χ3v) is 4.29. The second-order valence-electron chi connectivity index (χ2n) is 4.07. The van der Waals surface area contributed by atoms with E-state index in [-0.39, 0.29) is 17.7 Å². The molecule has 1 heterocycles. The average Bonchev–Trinajstić information content (AvgIpc) is 2.75. The van der Waals surface area contributed by atoms with Crippen LogP contribution in [0.3, 0.4) is 0 Å². The first-order valence-corrected chi connectivity index (χ1v) is 6.04. The van der Waals surface area contributed by atoms with Crippen molar-refractivity contribution in [1.82, 2.24) is 5.32 Å². The molecule has 2 atom stereocenters. The molecule has 3 rings (SSSR count). The molecular formula is C11H7BrClNO2. The molecule has 16 heavy (non-hydrogen) atoms. The summed E-state index contributed by atoms with van der Waals surface area (Å²) in [5.74, 6) is -0.541. The summed E-state index contributed by atoms with van der Waals surface area (Å²) in [6.45, 7) is 0. The molecule has 0 radical (unpaired) electrons. The predicted octanol–water partition coefficient (Wildman–Crippen LogP) is 2.39. The van der Waals surface area contributed by atoms with Crippen LogP contribution < -0.4 is 5.32 Å². The molecule has 1 aromatic rings. The van der Waals surface area contributed by atoms with Crippen molar-refractivity contribution in [3.05, 3.63) is 34.9 Å². The first-order valence-electron chi connectivity index (χ1n) is 4.87. The summed E-state index contributed by atoms with van der Waals surface area (Å²) in [6, 6.07) is 5.29. The number of imide groups is 1. The number of carbonyl (C=O) groups is 2. The Balaban J connectivity index is 2.15. The van der Waals surface area contributed by atoms with Crippen LogP contribution in [0.4, 0.5) is 0 Å². The number of hydrogen-bond acceptors (Lipinski definition) is 2. The van der Waals surface area contributed by atoms with Crippen molar-refractivity contribution in [1.29, 1.82) is 0 Å². The Hall–Kier alpha value is -0.870. The maximum Gasteiger partial charge on any atom is 0.259 e. The molecule has 1 saturated carbocycles. The largest absolute Gasteiger partial charge is 0.288 e. The van der Waals surface area contributed by atoms with Crippen LogP contribution in [0.5, 0.6) is 0 Å². The lowest BCUT2D eigenvalue weighted by atomic mass is 9.99. The van der Waals surface area contributed by atoms with Gasteiger partial charge < -0.3 is 0 Å². The number of amides is 2. The first kappa shape index (κ1) is 10.3. The van der Waals surface area contributed by atoms with Crippen LogP contribution in [0.15, 0.2) is 18.2 Å². The van der Waals surface area contributed by atoms with Gasteiger partial charge in [0.2, 0.25) is 0 Å². The highest BCUT2D eigenvalue weighted by molar-refractivity contribution is 9.10. The van der Waals surface area contributed by atoms with Crippen LogP contribution in [0.2, 0.25) is 0 Å². The maximum absolute atomic E-state index is 11.6. The van der Waals surface area contributed by atoms with Gasteiger partial charge in [-0.25, -0.2) is 0 Å². The summed E-state index contributed by atoms with van der Waals surface area (Å²) in [7, 11) is 0. The number of hydrogen-bond donors (Lipinski definition) is 1. The molecule has 2 unspecified atom stereocenters. The van der Waals surface area contributed by atoms with Gasteiger partial charge in [0.05, 0.1) is 11.1 Å². The van der Waals surface area contributed by atoms with E-state index in [4.69, 9.17) is 11.6 Å². The van der Waals surface area contributed by atoms with Gasteiger partial charge in [-0.2, -0.15) is 0 Å². The highest BCUT2D eigenvalue weighted by Gasteiger charge is 2.53. The van der Waals surface area contributed by atoms with Gasteiger partial charge in [-0.15, -0.1) is 11.6 Å². The van der Waals surface area contributed by atoms with E-state index in [1.165, 1.54) is 0 Å². The monoisotopic (exact) mass is 299 g/mol. The Kier molecular flexibility index (Phi) is 1.98. The van der Waals surface area contributed by atoms with E-state index in [0.717, 1.165) is 12.0 Å². The third-order valence-electron chi connectivity index (χ3n) is 3.00. The first-order chi connectivity index (χ1) is 7.50. The molecule has 1 aromatic carbocycles. The van der Waals surface area contributed by atoms with Gasteiger partial charge in [0.25, 0.3) is 11.8 Å². The van der Waals surface area contributed by atoms with Crippen LogP contribution in [0, 0.1) is 0 Å². The molecule has 3 nitrogen and oxygen atoms in total. The Morgan fingerprint density at radius 3 is 2.69 bits per heavy atom. The van der Waals surface area contributed by atoms with Gasteiger partial charge in [0.15, 0.2) is 0 Å². The average molecular weight is 301 g/mol. The Bertz CT molecular complexity index is 527. The number of alkyl halides is 2. The SMILES string of the molecule is O=C1NC(=O)c2c1cccc2C1CC1(Cl)Br. The Morgan fingerprint density at radius 1 is 1.38 bits per heavy atom. The normalized spacial score (nSPS) is 31.2. The van der Waals surface area contributed by atoms with Crippen molar-refractivity contribution in [2.75, 3.05) is 0 Å². The number of benzene rings is 1. The quantitative estimate of drug-likeness (QED) is 0.639. The van der Waals surface area contributed by atoms with Crippen molar-refractivity contribution >= 4 is 39.3 Å². The molecule has 2 amide bonds. The summed E-state index contributed by atoms with van der Waals surface area (Å²) < 4.78 is -0.450. The fourth-order valence-corrected chi connectivity index (χ4v) is 2.93. The van der Waals surface area contributed by atoms with E-state index in [2.05, 4.69) is 21.2 Å². The van der Waals surface area contributed by atoms with Crippen LogP contribution in [0.1, 0.15) is 38.6 Å². The van der Waals surface area contributed by atoms with Crippen molar-refractivity contribution in [2.24, 2.45) is 0 Å². The van der Waals surface area contributed by atoms with E-state index in [9.17, 15) is 9.59 Å². The zero-order valence-electron chi connectivity index (χ0n) is 8.09. The molecule has 0 saturated heterocycles. The van der Waals surface area contributed by atoms with Gasteiger partial charge in [-0.1, -0.05) is 28.1 Å². The highest BCUT2D eigenvalue weighted by Crippen LogP contribution is 2.61. The lowest BCUT2D eigenvalue weighted by molar-refractivity contribution is 0.0879. The summed E-state index contributed by atoms with van der Waals surface area (Å²) in [6.07, 6.45) is 0.770. The third kappa shape index (κ3) is 1.33. The van der Waals surface area contributed by atoms with Crippen molar-refractivity contribution in [2.45, 2.75) is 16.1 Å². The number of halogens is 2. The van der Waals surface area contributed by atoms with Crippen LogP contribution in [0.25, 0.3) is 0 Å². The van der Waals surface area contributed by atoms with Gasteiger partial charge in [0, 0.05) is 5.92 Å². The fraction of sp³-hybridized carbons (Fsp3) is 0.273. The summed E-state index contributed by atoms with van der Waals surface area (Å²) in [5, 5.41) is 2.30. The topological polar surface area (TPSA) is 46.2 Å². The van der Waals surface area contributed by atoms with Gasteiger partial charge in [-0.3, -0.25) is 14.9 Å². The van der Waals surface area contributed by atoms with Gasteiger partial charge >= 0.3 is 0 Å². The minimum atomic E-state index is -0.450. The Labute approximate surface area is 105 Å². The van der Waals surface area contributed by atoms with Crippen molar-refractivity contribution in [3.8, 4) is 0 Å². The van der Waals surface area contributed by atoms with Crippen LogP contribution >= 0.6 is 27.5 Å². The fourth-order valence-electron chi connectivity index (χ4n) is 2.09. The standard InChI is InChI=1S/C11H7BrClNO2/c12-11(13)4-7(11)5-2-1-3-6-8(5)10(16)14-9(6)15/h1-3,7H,4H2,(H,14,15,16). The van der Waals surface area contributed by atoms with Gasteiger partial charge in [0.1, 0.15) is 3.78 Å². The maximum atomic E-state index is 11.6. The zero-order chi connectivity index (χ0) is 11.5. The van der Waals surface area contributed by atoms with E-state index >= 15 is 0 Å². The number of nitrogens with one attached hydrogen (secondary N) is 1. The molecular weight excluding hydrogens is 293 g/mol. The molecule has 0 spiro atoms. The zero-order valence-corrected chi connectivity index (χ0v) is 10.4. The van der Waals surface area contributed by atoms with Gasteiger partial charge in [-0.05, 0) is 18.1 Å². The molecule has 0 aromatic heterocycles. The number of carbonyl (C=O) groups excluding carboxylic acids is 2. The van der Waals surface area contributed by atoms with E-state index in [1.807, 2.05) is 6.07 Å². The second-order valence-corrected chi connectivity index (χ2v) is 6.62. The second kappa shape index (κ2) is 3.08. The summed E-state index contributed by atoms with van der Waals surface area (Å²) in [5.41, 5.74) is 1.79. The van der Waals surface area contributed by atoms with Crippen LogP contribution in [-0.2, 0) is 0 Å². The molecule has 82 valence electrons. The Morgan fingerprint density at radius 2 is 2.06 bits per heavy atom. The summed E-state index contributed by atoms with van der Waals surface area (Å²) in [4.78, 5) is 23.1. The van der Waals surface area contributed by atoms with Crippen LogP contribution in [-0.4, -0.2) is 15.6 Å². The molecule has 1 aliphatic carbocycles. The molecule has 1 N–H and O–H groups in total. The minimum absolute atomic E-state index is 0.0979. The highest BCUT2D eigenvalue weighted by atomic mass is 79.9. The number of rotatable bonds is 1. The molecule has 1 aliphatic heterocycles. The molecule has 0 bridgehead atoms. The predicted molar refractivity (Wildman–Crippen MR) is 63.1 cm³/mol. The summed E-state index contributed by atoms with van der Waals surface area (Å²) >= 11 is 9.51. The van der Waals surface area contributed by atoms with Crippen molar-refractivity contribution in [3.63, 3.8) is 0 Å². The van der Waals surface area contributed by atoms with E-state index in [1.54, 1.807) is 12.1 Å². The lowest BCUT2D eigenvalue weighted by Gasteiger charge is -2.05.